The van der Waals surface area contributed by atoms with Crippen LogP contribution in [0.15, 0.2) is 34.9 Å². The van der Waals surface area contributed by atoms with Gasteiger partial charge in [-0.3, -0.25) is 9.10 Å². The lowest BCUT2D eigenvalue weighted by Gasteiger charge is -2.36. The van der Waals surface area contributed by atoms with Gasteiger partial charge in [0.25, 0.3) is 15.9 Å². The molecule has 0 aliphatic carbocycles. The third-order valence-corrected chi connectivity index (χ3v) is 6.48. The number of rotatable bonds is 1. The van der Waals surface area contributed by atoms with Gasteiger partial charge in [0.1, 0.15) is 5.70 Å². The van der Waals surface area contributed by atoms with Crippen molar-refractivity contribution in [3.8, 4) is 0 Å². The molecule has 2 heterocycles. The lowest BCUT2D eigenvalue weighted by molar-refractivity contribution is -0.129. The van der Waals surface area contributed by atoms with Gasteiger partial charge in [-0.25, -0.2) is 8.42 Å². The van der Waals surface area contributed by atoms with Crippen LogP contribution in [0, 0.1) is 0 Å². The van der Waals surface area contributed by atoms with Crippen molar-refractivity contribution in [2.45, 2.75) is 4.90 Å². The molecule has 6 nitrogen and oxygen atoms in total. The van der Waals surface area contributed by atoms with E-state index in [1.807, 2.05) is 7.05 Å². The number of amides is 1. The van der Waals surface area contributed by atoms with Crippen LogP contribution in [0.3, 0.4) is 0 Å². The van der Waals surface area contributed by atoms with Gasteiger partial charge in [-0.2, -0.15) is 0 Å². The fourth-order valence-electron chi connectivity index (χ4n) is 2.79. The highest BCUT2D eigenvalue weighted by Crippen LogP contribution is 2.38. The molecule has 0 N–H and O–H groups in total. The average molecular weight is 356 g/mol. The number of carbonyl (C=O) groups excluding carboxylic acids is 1. The standard InChI is InChI=1S/C15H18ClN3O3S/c1-17-7-9-19(10-8-17)15(20)14-13(16)11-5-3-4-6-12(11)23(21,22)18(14)2/h3-6H,7-10H2,1-2H3. The predicted molar refractivity (Wildman–Crippen MR) is 88.2 cm³/mol. The molecule has 1 aromatic rings. The highest BCUT2D eigenvalue weighted by atomic mass is 35.5. The lowest BCUT2D eigenvalue weighted by Crippen LogP contribution is -2.50. The summed E-state index contributed by atoms with van der Waals surface area (Å²) in [4.78, 5) is 16.7. The van der Waals surface area contributed by atoms with E-state index in [9.17, 15) is 13.2 Å². The van der Waals surface area contributed by atoms with Crippen molar-refractivity contribution in [1.29, 1.82) is 0 Å². The average Bonchev–Trinajstić information content (AvgIpc) is 2.54. The first-order chi connectivity index (χ1) is 10.8. The SMILES string of the molecule is CN1CCN(C(=O)C2=C(Cl)c3ccccc3S(=O)(=O)N2C)CC1. The fraction of sp³-hybridized carbons (Fsp3) is 0.400. The summed E-state index contributed by atoms with van der Waals surface area (Å²) in [6.45, 7) is 2.62. The summed E-state index contributed by atoms with van der Waals surface area (Å²) < 4.78 is 26.3. The minimum absolute atomic E-state index is 0.0231. The van der Waals surface area contributed by atoms with Crippen molar-refractivity contribution in [2.24, 2.45) is 0 Å². The summed E-state index contributed by atoms with van der Waals surface area (Å²) in [5, 5.41) is 0.182. The molecule has 0 atom stereocenters. The molecule has 0 bridgehead atoms. The minimum atomic E-state index is -3.76. The van der Waals surface area contributed by atoms with Crippen molar-refractivity contribution in [1.82, 2.24) is 14.1 Å². The Kier molecular flexibility index (Phi) is 4.12. The molecule has 0 saturated carbocycles. The third kappa shape index (κ3) is 2.62. The van der Waals surface area contributed by atoms with Crippen LogP contribution in [0.25, 0.3) is 5.03 Å². The molecular weight excluding hydrogens is 338 g/mol. The molecule has 1 aromatic carbocycles. The molecule has 124 valence electrons. The largest absolute Gasteiger partial charge is 0.335 e. The van der Waals surface area contributed by atoms with Crippen molar-refractivity contribution in [3.63, 3.8) is 0 Å². The van der Waals surface area contributed by atoms with Crippen LogP contribution in [0.2, 0.25) is 0 Å². The fourth-order valence-corrected chi connectivity index (χ4v) is 4.68. The number of likely N-dealkylation sites (N-methyl/N-ethyl adjacent to an activating group) is 2. The molecule has 3 rings (SSSR count). The van der Waals surface area contributed by atoms with E-state index in [0.717, 1.165) is 17.4 Å². The van der Waals surface area contributed by atoms with Crippen LogP contribution in [-0.4, -0.2) is 68.7 Å². The molecule has 0 aromatic heterocycles. The van der Waals surface area contributed by atoms with Crippen LogP contribution >= 0.6 is 11.6 Å². The number of benzene rings is 1. The Morgan fingerprint density at radius 3 is 2.35 bits per heavy atom. The van der Waals surface area contributed by atoms with Crippen LogP contribution < -0.4 is 0 Å². The van der Waals surface area contributed by atoms with E-state index in [0.29, 0.717) is 18.7 Å². The van der Waals surface area contributed by atoms with Crippen LogP contribution in [0.4, 0.5) is 0 Å². The molecule has 8 heteroatoms. The number of hydrogen-bond acceptors (Lipinski definition) is 4. The monoisotopic (exact) mass is 355 g/mol. The van der Waals surface area contributed by atoms with Gasteiger partial charge in [0.05, 0.1) is 9.93 Å². The number of sulfonamides is 1. The molecule has 0 unspecified atom stereocenters. The Bertz CT molecular complexity index is 783. The Hall–Kier alpha value is -1.57. The van der Waals surface area contributed by atoms with E-state index in [1.54, 1.807) is 23.1 Å². The lowest BCUT2D eigenvalue weighted by atomic mass is 10.1. The zero-order valence-electron chi connectivity index (χ0n) is 13.0. The summed E-state index contributed by atoms with van der Waals surface area (Å²) in [5.41, 5.74) is 0.402. The number of carbonyl (C=O) groups is 1. The Morgan fingerprint density at radius 2 is 1.70 bits per heavy atom. The molecule has 2 aliphatic heterocycles. The van der Waals surface area contributed by atoms with Gasteiger partial charge >= 0.3 is 0 Å². The maximum atomic E-state index is 12.8. The second kappa shape index (κ2) is 5.81. The highest BCUT2D eigenvalue weighted by molar-refractivity contribution is 7.89. The van der Waals surface area contributed by atoms with E-state index < -0.39 is 10.0 Å². The summed E-state index contributed by atoms with van der Waals surface area (Å²) in [5.74, 6) is -0.344. The third-order valence-electron chi connectivity index (χ3n) is 4.28. The Morgan fingerprint density at radius 1 is 1.09 bits per heavy atom. The number of piperazine rings is 1. The minimum Gasteiger partial charge on any atom is -0.335 e. The molecule has 0 radical (unpaired) electrons. The quantitative estimate of drug-likeness (QED) is 0.754. The van der Waals surface area contributed by atoms with Gasteiger partial charge < -0.3 is 9.80 Å². The van der Waals surface area contributed by atoms with Gasteiger partial charge in [0.15, 0.2) is 0 Å². The van der Waals surface area contributed by atoms with Crippen molar-refractivity contribution in [3.05, 3.63) is 35.5 Å². The first-order valence-corrected chi connectivity index (χ1v) is 9.12. The first-order valence-electron chi connectivity index (χ1n) is 7.30. The number of halogens is 1. The van der Waals surface area contributed by atoms with E-state index in [4.69, 9.17) is 11.6 Å². The molecule has 0 spiro atoms. The number of hydrogen-bond donors (Lipinski definition) is 0. The molecule has 1 fully saturated rings. The van der Waals surface area contributed by atoms with Gasteiger partial charge in [0.2, 0.25) is 0 Å². The van der Waals surface area contributed by atoms with Gasteiger partial charge in [-0.1, -0.05) is 29.8 Å². The van der Waals surface area contributed by atoms with Crippen LogP contribution in [0.5, 0.6) is 0 Å². The first kappa shape index (κ1) is 16.3. The van der Waals surface area contributed by atoms with Crippen molar-refractivity contribution < 1.29 is 13.2 Å². The highest BCUT2D eigenvalue weighted by Gasteiger charge is 2.38. The van der Waals surface area contributed by atoms with E-state index >= 15 is 0 Å². The number of fused-ring (bicyclic) bond motifs is 1. The van der Waals surface area contributed by atoms with Gasteiger partial charge in [-0.15, -0.1) is 0 Å². The molecule has 23 heavy (non-hydrogen) atoms. The predicted octanol–water partition coefficient (Wildman–Crippen LogP) is 1.00. The topological polar surface area (TPSA) is 60.9 Å². The van der Waals surface area contributed by atoms with Gasteiger partial charge in [0, 0.05) is 38.8 Å². The van der Waals surface area contributed by atoms with E-state index in [-0.39, 0.29) is 21.5 Å². The smallest absolute Gasteiger partial charge is 0.272 e. The second-order valence-electron chi connectivity index (χ2n) is 5.73. The van der Waals surface area contributed by atoms with Crippen LogP contribution in [0.1, 0.15) is 5.56 Å². The van der Waals surface area contributed by atoms with E-state index in [2.05, 4.69) is 4.90 Å². The molecule has 1 saturated heterocycles. The normalized spacial score (nSPS) is 21.3. The maximum absolute atomic E-state index is 12.8. The summed E-state index contributed by atoms with van der Waals surface area (Å²) >= 11 is 6.39. The summed E-state index contributed by atoms with van der Waals surface area (Å²) in [7, 11) is -0.405. The summed E-state index contributed by atoms with van der Waals surface area (Å²) in [6.07, 6.45) is 0. The second-order valence-corrected chi connectivity index (χ2v) is 8.04. The Balaban J connectivity index is 2.06. The number of nitrogens with zero attached hydrogens (tertiary/aromatic N) is 3. The maximum Gasteiger partial charge on any atom is 0.272 e. The molecule has 1 amide bonds. The zero-order chi connectivity index (χ0) is 16.8. The van der Waals surface area contributed by atoms with Crippen molar-refractivity contribution in [2.75, 3.05) is 40.3 Å². The molecular formula is C15H18ClN3O3S. The summed E-state index contributed by atoms with van der Waals surface area (Å²) in [6, 6.07) is 6.47. The zero-order valence-corrected chi connectivity index (χ0v) is 14.6. The van der Waals surface area contributed by atoms with Gasteiger partial charge in [-0.05, 0) is 13.1 Å². The molecule has 2 aliphatic rings. The van der Waals surface area contributed by atoms with E-state index in [1.165, 1.54) is 13.1 Å². The van der Waals surface area contributed by atoms with Crippen LogP contribution in [-0.2, 0) is 14.8 Å². The van der Waals surface area contributed by atoms with Crippen molar-refractivity contribution >= 4 is 32.6 Å². The Labute approximate surface area is 141 Å².